The second-order valence-electron chi connectivity index (χ2n) is 8.23. The normalized spacial score (nSPS) is 19.7. The maximum absolute atomic E-state index is 14.1. The standard InChI is InChI=1S/C24H23FN4O2/c25-19-9-5-4-8-16(19)12-21(30)29-17-10-11-18(29)14-28-20(13-17)22(23(26)31)27-24(28)15-6-2-1-3-7-15/h1-9,17-18H,10-14H2,(H2,26,31). The van der Waals surface area contributed by atoms with Crippen LogP contribution in [0.4, 0.5) is 4.39 Å². The van der Waals surface area contributed by atoms with E-state index in [9.17, 15) is 14.0 Å². The number of primary amides is 1. The zero-order chi connectivity index (χ0) is 21.5. The molecule has 1 saturated heterocycles. The molecule has 1 aromatic heterocycles. The summed E-state index contributed by atoms with van der Waals surface area (Å²) in [6.07, 6.45) is 2.25. The SMILES string of the molecule is NC(=O)c1nc(-c2ccccc2)n2c1CC1CCC(C2)N1C(=O)Cc1ccccc1F. The third-order valence-corrected chi connectivity index (χ3v) is 6.37. The molecule has 5 rings (SSSR count). The summed E-state index contributed by atoms with van der Waals surface area (Å²) in [5, 5.41) is 0. The van der Waals surface area contributed by atoms with E-state index < -0.39 is 5.91 Å². The van der Waals surface area contributed by atoms with Crippen molar-refractivity contribution in [3.8, 4) is 11.4 Å². The molecular weight excluding hydrogens is 395 g/mol. The minimum Gasteiger partial charge on any atom is -0.364 e. The Balaban J connectivity index is 1.50. The Labute approximate surface area is 179 Å². The summed E-state index contributed by atoms with van der Waals surface area (Å²) in [5.74, 6) is -0.319. The quantitative estimate of drug-likeness (QED) is 0.707. The summed E-state index contributed by atoms with van der Waals surface area (Å²) in [6, 6.07) is 16.0. The lowest BCUT2D eigenvalue weighted by Crippen LogP contribution is -2.43. The van der Waals surface area contributed by atoms with Gasteiger partial charge in [-0.3, -0.25) is 9.59 Å². The first kappa shape index (κ1) is 19.5. The molecule has 2 bridgehead atoms. The number of aromatic nitrogens is 2. The van der Waals surface area contributed by atoms with E-state index in [1.54, 1.807) is 18.2 Å². The third-order valence-electron chi connectivity index (χ3n) is 6.37. The van der Waals surface area contributed by atoms with Gasteiger partial charge >= 0.3 is 0 Å². The number of benzene rings is 2. The third kappa shape index (κ3) is 3.40. The van der Waals surface area contributed by atoms with Gasteiger partial charge in [-0.1, -0.05) is 48.5 Å². The van der Waals surface area contributed by atoms with Gasteiger partial charge in [0.1, 0.15) is 17.3 Å². The zero-order valence-corrected chi connectivity index (χ0v) is 17.0. The molecule has 2 aliphatic heterocycles. The van der Waals surface area contributed by atoms with Crippen molar-refractivity contribution in [2.75, 3.05) is 0 Å². The van der Waals surface area contributed by atoms with Crippen molar-refractivity contribution in [3.05, 3.63) is 77.4 Å². The topological polar surface area (TPSA) is 81.2 Å². The second kappa shape index (κ2) is 7.65. The number of rotatable bonds is 4. The molecule has 3 aromatic rings. The van der Waals surface area contributed by atoms with E-state index in [4.69, 9.17) is 5.73 Å². The molecule has 0 spiro atoms. The highest BCUT2D eigenvalue weighted by Crippen LogP contribution is 2.36. The number of hydrogen-bond donors (Lipinski definition) is 1. The van der Waals surface area contributed by atoms with Crippen LogP contribution in [0.5, 0.6) is 0 Å². The summed E-state index contributed by atoms with van der Waals surface area (Å²) in [4.78, 5) is 31.9. The van der Waals surface area contributed by atoms with Crippen molar-refractivity contribution in [2.24, 2.45) is 5.73 Å². The summed E-state index contributed by atoms with van der Waals surface area (Å²) in [6.45, 7) is 0.541. The first-order valence-corrected chi connectivity index (χ1v) is 10.5. The number of halogens is 1. The lowest BCUT2D eigenvalue weighted by Gasteiger charge is -2.28. The van der Waals surface area contributed by atoms with E-state index >= 15 is 0 Å². The molecule has 6 nitrogen and oxygen atoms in total. The van der Waals surface area contributed by atoms with Gasteiger partial charge in [-0.2, -0.15) is 0 Å². The van der Waals surface area contributed by atoms with E-state index in [0.717, 1.165) is 24.1 Å². The van der Waals surface area contributed by atoms with E-state index in [1.165, 1.54) is 6.07 Å². The van der Waals surface area contributed by atoms with Gasteiger partial charge in [-0.05, 0) is 24.5 Å². The highest BCUT2D eigenvalue weighted by Gasteiger charge is 2.42. The van der Waals surface area contributed by atoms with Crippen molar-refractivity contribution >= 4 is 11.8 Å². The molecule has 2 unspecified atom stereocenters. The zero-order valence-electron chi connectivity index (χ0n) is 17.0. The highest BCUT2D eigenvalue weighted by molar-refractivity contribution is 5.93. The van der Waals surface area contributed by atoms with Gasteiger partial charge in [0.05, 0.1) is 18.2 Å². The Morgan fingerprint density at radius 2 is 1.74 bits per heavy atom. The Morgan fingerprint density at radius 3 is 2.48 bits per heavy atom. The lowest BCUT2D eigenvalue weighted by atomic mass is 10.0. The average molecular weight is 418 g/mol. The van der Waals surface area contributed by atoms with Crippen LogP contribution < -0.4 is 5.73 Å². The summed E-state index contributed by atoms with van der Waals surface area (Å²) < 4.78 is 16.2. The van der Waals surface area contributed by atoms with Crippen LogP contribution in [0.25, 0.3) is 11.4 Å². The predicted octanol–water partition coefficient (Wildman–Crippen LogP) is 2.95. The number of nitrogens with two attached hydrogens (primary N) is 1. The fraction of sp³-hybridized carbons (Fsp3) is 0.292. The minimum atomic E-state index is -0.562. The van der Waals surface area contributed by atoms with Gasteiger partial charge in [0.2, 0.25) is 5.91 Å². The van der Waals surface area contributed by atoms with Crippen LogP contribution in [0.3, 0.4) is 0 Å². The average Bonchev–Trinajstić information content (AvgIpc) is 3.26. The Hall–Kier alpha value is -3.48. The van der Waals surface area contributed by atoms with E-state index in [1.807, 2.05) is 39.8 Å². The van der Waals surface area contributed by atoms with Gasteiger partial charge < -0.3 is 15.2 Å². The molecular formula is C24H23FN4O2. The van der Waals surface area contributed by atoms with Crippen LogP contribution in [0.15, 0.2) is 54.6 Å². The molecule has 158 valence electrons. The van der Waals surface area contributed by atoms with Crippen molar-refractivity contribution in [1.82, 2.24) is 14.5 Å². The van der Waals surface area contributed by atoms with Gasteiger partial charge in [-0.25, -0.2) is 9.37 Å². The maximum atomic E-state index is 14.1. The van der Waals surface area contributed by atoms with Crippen LogP contribution >= 0.6 is 0 Å². The number of fused-ring (bicyclic) bond motifs is 3. The lowest BCUT2D eigenvalue weighted by molar-refractivity contribution is -0.133. The van der Waals surface area contributed by atoms with Gasteiger partial charge in [-0.15, -0.1) is 0 Å². The van der Waals surface area contributed by atoms with Gasteiger partial charge in [0.25, 0.3) is 5.91 Å². The molecule has 2 N–H and O–H groups in total. The molecule has 2 aromatic carbocycles. The monoisotopic (exact) mass is 418 g/mol. The molecule has 7 heteroatoms. The summed E-state index contributed by atoms with van der Waals surface area (Å²) in [5.41, 5.74) is 8.01. The Kier molecular flexibility index (Phi) is 4.81. The molecule has 2 atom stereocenters. The smallest absolute Gasteiger partial charge is 0.269 e. The van der Waals surface area contributed by atoms with Gasteiger partial charge in [0, 0.05) is 24.6 Å². The second-order valence-corrected chi connectivity index (χ2v) is 8.23. The maximum Gasteiger partial charge on any atom is 0.269 e. The van der Waals surface area contributed by atoms with Crippen LogP contribution in [-0.4, -0.2) is 38.3 Å². The first-order valence-electron chi connectivity index (χ1n) is 10.5. The number of carbonyl (C=O) groups excluding carboxylic acids is 2. The van der Waals surface area contributed by atoms with E-state index in [0.29, 0.717) is 24.4 Å². The van der Waals surface area contributed by atoms with Crippen molar-refractivity contribution in [1.29, 1.82) is 0 Å². The number of carbonyl (C=O) groups is 2. The Bertz CT molecular complexity index is 1160. The van der Waals surface area contributed by atoms with Gasteiger partial charge in [0.15, 0.2) is 0 Å². The molecule has 2 amide bonds. The number of imidazole rings is 1. The Morgan fingerprint density at radius 1 is 1.03 bits per heavy atom. The molecule has 0 aliphatic carbocycles. The van der Waals surface area contributed by atoms with Crippen LogP contribution in [-0.2, 0) is 24.2 Å². The minimum absolute atomic E-state index is 0.0251. The number of hydrogen-bond acceptors (Lipinski definition) is 3. The summed E-state index contributed by atoms with van der Waals surface area (Å²) in [7, 11) is 0. The molecule has 31 heavy (non-hydrogen) atoms. The van der Waals surface area contributed by atoms with Crippen LogP contribution in [0.2, 0.25) is 0 Å². The van der Waals surface area contributed by atoms with Crippen molar-refractivity contribution in [3.63, 3.8) is 0 Å². The van der Waals surface area contributed by atoms with Crippen molar-refractivity contribution in [2.45, 2.75) is 44.3 Å². The van der Waals surface area contributed by atoms with Crippen LogP contribution in [0.1, 0.15) is 34.6 Å². The number of amides is 2. The fourth-order valence-electron chi connectivity index (χ4n) is 4.97. The molecule has 2 aliphatic rings. The molecule has 3 heterocycles. The molecule has 1 fully saturated rings. The van der Waals surface area contributed by atoms with Crippen molar-refractivity contribution < 1.29 is 14.0 Å². The van der Waals surface area contributed by atoms with Crippen LogP contribution in [0, 0.1) is 5.82 Å². The molecule has 0 radical (unpaired) electrons. The highest BCUT2D eigenvalue weighted by atomic mass is 19.1. The van der Waals surface area contributed by atoms with E-state index in [-0.39, 0.29) is 35.9 Å². The predicted molar refractivity (Wildman–Crippen MR) is 114 cm³/mol. The molecule has 0 saturated carbocycles. The number of nitrogens with zero attached hydrogens (tertiary/aromatic N) is 3. The summed E-state index contributed by atoms with van der Waals surface area (Å²) >= 11 is 0. The fourth-order valence-corrected chi connectivity index (χ4v) is 4.97. The van der Waals surface area contributed by atoms with E-state index in [2.05, 4.69) is 4.98 Å². The first-order chi connectivity index (χ1) is 15.0. The largest absolute Gasteiger partial charge is 0.364 e.